The average Bonchev–Trinajstić information content (AvgIpc) is 3.34. The highest BCUT2D eigenvalue weighted by Gasteiger charge is 2.31. The first-order valence-corrected chi connectivity index (χ1v) is 13.0. The van der Waals surface area contributed by atoms with E-state index in [1.165, 1.54) is 0 Å². The largest absolute Gasteiger partial charge is 0.416 e. The number of imidazole rings is 1. The molecule has 1 fully saturated rings. The number of fused-ring (bicyclic) bond motifs is 1. The number of pyridine rings is 1. The number of nitrogens with one attached hydrogen (secondary N) is 2. The minimum Gasteiger partial charge on any atom is -0.382 e. The quantitative estimate of drug-likeness (QED) is 0.302. The number of hydrogen-bond acceptors (Lipinski definition) is 6. The molecule has 0 aliphatic heterocycles. The number of carbonyl (C=O) groups is 2. The molecular formula is C28H28F3N7O2. The van der Waals surface area contributed by atoms with Gasteiger partial charge in [0.25, 0.3) is 5.91 Å². The first-order valence-electron chi connectivity index (χ1n) is 13.0. The highest BCUT2D eigenvalue weighted by atomic mass is 19.4. The fourth-order valence-corrected chi connectivity index (χ4v) is 5.10. The second-order valence-electron chi connectivity index (χ2n) is 9.79. The zero-order valence-electron chi connectivity index (χ0n) is 21.7. The average molecular weight is 552 g/mol. The molecule has 2 amide bonds. The molecule has 1 aliphatic carbocycles. The van der Waals surface area contributed by atoms with E-state index >= 15 is 0 Å². The van der Waals surface area contributed by atoms with Crippen molar-refractivity contribution in [2.75, 3.05) is 11.1 Å². The number of aromatic nitrogens is 4. The molecular weight excluding hydrogens is 523 g/mol. The van der Waals surface area contributed by atoms with Crippen molar-refractivity contribution < 1.29 is 22.8 Å². The molecule has 40 heavy (non-hydrogen) atoms. The van der Waals surface area contributed by atoms with Crippen LogP contribution in [0.2, 0.25) is 0 Å². The monoisotopic (exact) mass is 551 g/mol. The van der Waals surface area contributed by atoms with Crippen LogP contribution in [0.25, 0.3) is 16.8 Å². The Kier molecular flexibility index (Phi) is 7.42. The van der Waals surface area contributed by atoms with Gasteiger partial charge in [0, 0.05) is 48.1 Å². The Bertz CT molecular complexity index is 1550. The Morgan fingerprint density at radius 2 is 1.88 bits per heavy atom. The molecule has 4 N–H and O–H groups in total. The smallest absolute Gasteiger partial charge is 0.382 e. The molecule has 1 saturated carbocycles. The van der Waals surface area contributed by atoms with Crippen LogP contribution in [-0.4, -0.2) is 37.2 Å². The Hall–Kier alpha value is -4.48. The molecule has 1 aliphatic rings. The number of nitrogens with zero attached hydrogens (tertiary/aromatic N) is 4. The van der Waals surface area contributed by atoms with E-state index in [-0.39, 0.29) is 29.2 Å². The van der Waals surface area contributed by atoms with Crippen LogP contribution in [0.3, 0.4) is 0 Å². The predicted octanol–water partition coefficient (Wildman–Crippen LogP) is 5.20. The van der Waals surface area contributed by atoms with Gasteiger partial charge in [-0.3, -0.25) is 14.0 Å². The van der Waals surface area contributed by atoms with Crippen molar-refractivity contribution in [1.82, 2.24) is 24.7 Å². The molecule has 1 aromatic carbocycles. The van der Waals surface area contributed by atoms with Crippen LogP contribution in [0, 0.1) is 0 Å². The summed E-state index contributed by atoms with van der Waals surface area (Å²) in [7, 11) is 0. The van der Waals surface area contributed by atoms with Gasteiger partial charge in [-0.1, -0.05) is 25.5 Å². The molecule has 0 saturated heterocycles. The lowest BCUT2D eigenvalue weighted by Gasteiger charge is -2.29. The summed E-state index contributed by atoms with van der Waals surface area (Å²) in [5.74, 6) is 0.461. The van der Waals surface area contributed by atoms with Gasteiger partial charge >= 0.3 is 6.18 Å². The van der Waals surface area contributed by atoms with Crippen molar-refractivity contribution in [1.29, 1.82) is 0 Å². The highest BCUT2D eigenvalue weighted by Crippen LogP contribution is 2.37. The molecule has 3 aromatic heterocycles. The minimum atomic E-state index is -4.55. The SMILES string of the molecule is CCC(=O)N[C@H]1CCC[C@H](c2nc(-c3ccc(C(=O)Nc4cc(C(F)(F)F)ccn4)cc3)c3c(N)nccn23)C1. The molecule has 0 radical (unpaired) electrons. The maximum absolute atomic E-state index is 13.0. The number of nitrogen functional groups attached to an aromatic ring is 1. The summed E-state index contributed by atoms with van der Waals surface area (Å²) in [6.07, 6.45) is 3.86. The van der Waals surface area contributed by atoms with Crippen LogP contribution in [0.15, 0.2) is 55.0 Å². The lowest BCUT2D eigenvalue weighted by Crippen LogP contribution is -2.37. The summed E-state index contributed by atoms with van der Waals surface area (Å²) in [6, 6.07) is 8.23. The van der Waals surface area contributed by atoms with Crippen molar-refractivity contribution in [2.24, 2.45) is 0 Å². The van der Waals surface area contributed by atoms with E-state index in [2.05, 4.69) is 20.6 Å². The number of benzene rings is 1. The Morgan fingerprint density at radius 1 is 1.10 bits per heavy atom. The van der Waals surface area contributed by atoms with E-state index in [0.717, 1.165) is 49.8 Å². The molecule has 4 aromatic rings. The Balaban J connectivity index is 1.41. The second kappa shape index (κ2) is 10.9. The third-order valence-electron chi connectivity index (χ3n) is 7.09. The lowest BCUT2D eigenvalue weighted by atomic mass is 9.85. The van der Waals surface area contributed by atoms with Crippen molar-refractivity contribution in [3.8, 4) is 11.3 Å². The summed E-state index contributed by atoms with van der Waals surface area (Å²) in [5, 5.41) is 5.51. The molecule has 0 unspecified atom stereocenters. The van der Waals surface area contributed by atoms with Gasteiger partial charge in [0.05, 0.1) is 5.56 Å². The Morgan fingerprint density at radius 3 is 2.60 bits per heavy atom. The maximum Gasteiger partial charge on any atom is 0.416 e. The summed E-state index contributed by atoms with van der Waals surface area (Å²) in [6.45, 7) is 1.83. The fourth-order valence-electron chi connectivity index (χ4n) is 5.10. The number of amides is 2. The van der Waals surface area contributed by atoms with Crippen molar-refractivity contribution in [2.45, 2.75) is 57.2 Å². The van der Waals surface area contributed by atoms with E-state index in [1.807, 2.05) is 17.5 Å². The fraction of sp³-hybridized carbons (Fsp3) is 0.321. The minimum absolute atomic E-state index is 0.0284. The van der Waals surface area contributed by atoms with Gasteiger partial charge < -0.3 is 16.4 Å². The number of halogens is 3. The number of rotatable bonds is 6. The molecule has 0 spiro atoms. The van der Waals surface area contributed by atoms with Gasteiger partial charge in [-0.05, 0) is 43.5 Å². The van der Waals surface area contributed by atoms with Crippen LogP contribution < -0.4 is 16.4 Å². The normalized spacial score (nSPS) is 17.5. The Labute approximate surface area is 228 Å². The summed E-state index contributed by atoms with van der Waals surface area (Å²) >= 11 is 0. The summed E-state index contributed by atoms with van der Waals surface area (Å²) in [5.41, 5.74) is 7.55. The number of anilines is 2. The zero-order chi connectivity index (χ0) is 28.4. The highest BCUT2D eigenvalue weighted by molar-refractivity contribution is 6.04. The van der Waals surface area contributed by atoms with E-state index < -0.39 is 17.6 Å². The van der Waals surface area contributed by atoms with Gasteiger partial charge in [-0.25, -0.2) is 15.0 Å². The van der Waals surface area contributed by atoms with E-state index in [1.54, 1.807) is 30.5 Å². The number of hydrogen-bond donors (Lipinski definition) is 3. The topological polar surface area (TPSA) is 127 Å². The first-order chi connectivity index (χ1) is 19.1. The van der Waals surface area contributed by atoms with E-state index in [0.29, 0.717) is 29.0 Å². The zero-order valence-corrected chi connectivity index (χ0v) is 21.7. The molecule has 2 atom stereocenters. The predicted molar refractivity (Wildman–Crippen MR) is 143 cm³/mol. The van der Waals surface area contributed by atoms with Gasteiger partial charge in [-0.15, -0.1) is 0 Å². The molecule has 0 bridgehead atoms. The second-order valence-corrected chi connectivity index (χ2v) is 9.79. The van der Waals surface area contributed by atoms with Crippen LogP contribution in [-0.2, 0) is 11.0 Å². The van der Waals surface area contributed by atoms with Crippen LogP contribution in [0.4, 0.5) is 24.8 Å². The molecule has 5 rings (SSSR count). The van der Waals surface area contributed by atoms with Crippen molar-refractivity contribution >= 4 is 29.0 Å². The number of carbonyl (C=O) groups excluding carboxylic acids is 2. The van der Waals surface area contributed by atoms with Gasteiger partial charge in [0.1, 0.15) is 28.7 Å². The van der Waals surface area contributed by atoms with Gasteiger partial charge in [-0.2, -0.15) is 13.2 Å². The van der Waals surface area contributed by atoms with Crippen LogP contribution in [0.5, 0.6) is 0 Å². The third-order valence-corrected chi connectivity index (χ3v) is 7.09. The van der Waals surface area contributed by atoms with Crippen molar-refractivity contribution in [3.63, 3.8) is 0 Å². The van der Waals surface area contributed by atoms with Crippen LogP contribution in [0.1, 0.15) is 66.7 Å². The van der Waals surface area contributed by atoms with Crippen molar-refractivity contribution in [3.05, 3.63) is 71.9 Å². The van der Waals surface area contributed by atoms with E-state index in [4.69, 9.17) is 10.7 Å². The third kappa shape index (κ3) is 5.61. The molecule has 9 nitrogen and oxygen atoms in total. The van der Waals surface area contributed by atoms with Gasteiger partial charge in [0.15, 0.2) is 0 Å². The van der Waals surface area contributed by atoms with Crippen LogP contribution >= 0.6 is 0 Å². The lowest BCUT2D eigenvalue weighted by molar-refractivity contribution is -0.137. The van der Waals surface area contributed by atoms with Gasteiger partial charge in [0.2, 0.25) is 5.91 Å². The summed E-state index contributed by atoms with van der Waals surface area (Å²) in [4.78, 5) is 37.7. The van der Waals surface area contributed by atoms with E-state index in [9.17, 15) is 22.8 Å². The standard InChI is InChI=1S/C28H28F3N7O2/c1-2-22(39)35-20-5-3-4-18(14-20)26-37-23(24-25(32)34-12-13-38(24)26)16-6-8-17(9-7-16)27(40)36-21-15-19(10-11-33-21)28(29,30)31/h6-13,15,18,20H,2-5,14H2,1H3,(H2,32,34)(H,35,39)(H,33,36,40)/t18-,20-/m0/s1. The first kappa shape index (κ1) is 27.1. The molecule has 12 heteroatoms. The number of nitrogens with two attached hydrogens (primary N) is 1. The number of alkyl halides is 3. The molecule has 3 heterocycles. The maximum atomic E-state index is 13.0. The molecule has 208 valence electrons. The summed E-state index contributed by atoms with van der Waals surface area (Å²) < 4.78 is 40.9.